The molecule has 3 fully saturated rings. The highest BCUT2D eigenvalue weighted by molar-refractivity contribution is 8.00. The summed E-state index contributed by atoms with van der Waals surface area (Å²) >= 11 is 2.21. The van der Waals surface area contributed by atoms with Gasteiger partial charge in [-0.2, -0.15) is 11.8 Å². The number of rotatable bonds is 4. The Hall–Kier alpha value is -1.47. The monoisotopic (exact) mass is 431 g/mol. The highest BCUT2D eigenvalue weighted by Crippen LogP contribution is 2.42. The molecule has 7 heteroatoms. The number of pyridine rings is 1. The van der Waals surface area contributed by atoms with Crippen molar-refractivity contribution in [2.45, 2.75) is 63.3 Å². The Labute approximate surface area is 185 Å². The van der Waals surface area contributed by atoms with Crippen LogP contribution in [0.2, 0.25) is 0 Å². The fourth-order valence-corrected chi connectivity index (χ4v) is 6.44. The number of aliphatic imine (C=N–C) groups is 1. The first-order chi connectivity index (χ1) is 14.7. The normalized spacial score (nSPS) is 24.9. The van der Waals surface area contributed by atoms with E-state index in [1.165, 1.54) is 43.4 Å². The molecule has 1 aromatic heterocycles. The third-order valence-corrected chi connectivity index (χ3v) is 7.97. The molecule has 1 N–H and O–H groups in total. The lowest BCUT2D eigenvalue weighted by molar-refractivity contribution is 0.0529. The molecule has 3 heterocycles. The SMILES string of the molecule is CCNC(=NCc1ccnc(N2CCOC(C)C2)c1)N1CCSC2(CCCCC2)C1. The summed E-state index contributed by atoms with van der Waals surface area (Å²) in [6, 6.07) is 4.29. The van der Waals surface area contributed by atoms with E-state index in [0.717, 1.165) is 51.1 Å². The Kier molecular flexibility index (Phi) is 7.41. The van der Waals surface area contributed by atoms with Gasteiger partial charge in [-0.15, -0.1) is 0 Å². The van der Waals surface area contributed by atoms with Gasteiger partial charge in [0, 0.05) is 49.4 Å². The summed E-state index contributed by atoms with van der Waals surface area (Å²) in [7, 11) is 0. The number of aromatic nitrogens is 1. The van der Waals surface area contributed by atoms with Crippen LogP contribution in [-0.2, 0) is 11.3 Å². The van der Waals surface area contributed by atoms with Crippen molar-refractivity contribution in [1.29, 1.82) is 0 Å². The standard InChI is InChI=1S/C23H37N5OS/c1-3-24-22(28-12-14-30-23(18-28)8-5-4-6-9-23)26-16-20-7-10-25-21(15-20)27-11-13-29-19(2)17-27/h7,10,15,19H,3-6,8-9,11-14,16-18H2,1-2H3,(H,24,26). The lowest BCUT2D eigenvalue weighted by Gasteiger charge is -2.45. The first kappa shape index (κ1) is 21.8. The van der Waals surface area contributed by atoms with Crippen LogP contribution < -0.4 is 10.2 Å². The summed E-state index contributed by atoms with van der Waals surface area (Å²) in [6.07, 6.45) is 9.07. The summed E-state index contributed by atoms with van der Waals surface area (Å²) in [5.74, 6) is 3.32. The van der Waals surface area contributed by atoms with Gasteiger partial charge in [0.2, 0.25) is 0 Å². The van der Waals surface area contributed by atoms with E-state index in [2.05, 4.69) is 57.8 Å². The molecule has 3 aliphatic rings. The number of nitrogens with zero attached hydrogens (tertiary/aromatic N) is 4. The topological polar surface area (TPSA) is 53.0 Å². The summed E-state index contributed by atoms with van der Waals surface area (Å²) in [5, 5.41) is 3.55. The molecular formula is C23H37N5OS. The number of hydrogen-bond donors (Lipinski definition) is 1. The molecule has 0 amide bonds. The highest BCUT2D eigenvalue weighted by Gasteiger charge is 2.38. The van der Waals surface area contributed by atoms with Gasteiger partial charge in [-0.25, -0.2) is 9.98 Å². The average Bonchev–Trinajstić information content (AvgIpc) is 2.77. The second-order valence-electron chi connectivity index (χ2n) is 8.83. The quantitative estimate of drug-likeness (QED) is 0.581. The molecule has 6 nitrogen and oxygen atoms in total. The van der Waals surface area contributed by atoms with E-state index in [1.807, 2.05) is 6.20 Å². The zero-order valence-corrected chi connectivity index (χ0v) is 19.4. The Morgan fingerprint density at radius 1 is 1.33 bits per heavy atom. The Balaban J connectivity index is 1.44. The van der Waals surface area contributed by atoms with Crippen LogP contribution in [0, 0.1) is 0 Å². The molecular weight excluding hydrogens is 394 g/mol. The summed E-state index contributed by atoms with van der Waals surface area (Å²) in [5.41, 5.74) is 1.22. The third-order valence-electron chi connectivity index (χ3n) is 6.43. The number of ether oxygens (including phenoxy) is 1. The van der Waals surface area contributed by atoms with Gasteiger partial charge in [-0.05, 0) is 44.4 Å². The van der Waals surface area contributed by atoms with Gasteiger partial charge in [-0.3, -0.25) is 0 Å². The van der Waals surface area contributed by atoms with Gasteiger partial charge in [0.05, 0.1) is 19.3 Å². The van der Waals surface area contributed by atoms with Crippen LogP contribution in [0.25, 0.3) is 0 Å². The van der Waals surface area contributed by atoms with Crippen molar-refractivity contribution >= 4 is 23.5 Å². The van der Waals surface area contributed by atoms with Crippen molar-refractivity contribution in [3.63, 3.8) is 0 Å². The van der Waals surface area contributed by atoms with Crippen LogP contribution >= 0.6 is 11.8 Å². The molecule has 166 valence electrons. The number of anilines is 1. The first-order valence-corrected chi connectivity index (χ1v) is 12.6. The fraction of sp³-hybridized carbons (Fsp3) is 0.739. The molecule has 1 spiro atoms. The Morgan fingerprint density at radius 2 is 2.20 bits per heavy atom. The maximum absolute atomic E-state index is 5.67. The molecule has 0 radical (unpaired) electrons. The molecule has 0 aromatic carbocycles. The minimum Gasteiger partial charge on any atom is -0.375 e. The zero-order valence-electron chi connectivity index (χ0n) is 18.6. The summed E-state index contributed by atoms with van der Waals surface area (Å²) in [6.45, 7) is 10.7. The molecule has 1 aliphatic carbocycles. The second kappa shape index (κ2) is 10.2. The number of guanidine groups is 1. The van der Waals surface area contributed by atoms with Crippen molar-refractivity contribution in [3.05, 3.63) is 23.9 Å². The number of thioether (sulfide) groups is 1. The third kappa shape index (κ3) is 5.41. The minimum atomic E-state index is 0.256. The van der Waals surface area contributed by atoms with Crippen LogP contribution in [0.5, 0.6) is 0 Å². The van der Waals surface area contributed by atoms with E-state index in [0.29, 0.717) is 11.3 Å². The lowest BCUT2D eigenvalue weighted by atomic mass is 9.87. The van der Waals surface area contributed by atoms with E-state index in [-0.39, 0.29) is 6.10 Å². The van der Waals surface area contributed by atoms with Crippen molar-refractivity contribution in [3.8, 4) is 0 Å². The van der Waals surface area contributed by atoms with Crippen molar-refractivity contribution in [2.24, 2.45) is 4.99 Å². The maximum atomic E-state index is 5.67. The molecule has 1 saturated carbocycles. The smallest absolute Gasteiger partial charge is 0.194 e. The van der Waals surface area contributed by atoms with Crippen LogP contribution in [0.15, 0.2) is 23.3 Å². The van der Waals surface area contributed by atoms with E-state index in [1.54, 1.807) is 0 Å². The molecule has 1 atom stereocenters. The van der Waals surface area contributed by atoms with Gasteiger partial charge >= 0.3 is 0 Å². The molecule has 30 heavy (non-hydrogen) atoms. The van der Waals surface area contributed by atoms with Gasteiger partial charge in [0.1, 0.15) is 5.82 Å². The molecule has 2 saturated heterocycles. The molecule has 0 bridgehead atoms. The fourth-order valence-electron chi connectivity index (χ4n) is 4.87. The molecule has 2 aliphatic heterocycles. The van der Waals surface area contributed by atoms with E-state index < -0.39 is 0 Å². The number of hydrogen-bond acceptors (Lipinski definition) is 5. The highest BCUT2D eigenvalue weighted by atomic mass is 32.2. The molecule has 1 aromatic rings. The lowest BCUT2D eigenvalue weighted by Crippen LogP contribution is -2.53. The van der Waals surface area contributed by atoms with E-state index in [4.69, 9.17) is 9.73 Å². The van der Waals surface area contributed by atoms with Crippen LogP contribution in [0.1, 0.15) is 51.5 Å². The largest absolute Gasteiger partial charge is 0.375 e. The number of morpholine rings is 1. The Bertz CT molecular complexity index is 716. The van der Waals surface area contributed by atoms with Gasteiger partial charge in [-0.1, -0.05) is 19.3 Å². The van der Waals surface area contributed by atoms with Gasteiger partial charge in [0.15, 0.2) is 5.96 Å². The van der Waals surface area contributed by atoms with Crippen LogP contribution in [0.4, 0.5) is 5.82 Å². The predicted octanol–water partition coefficient (Wildman–Crippen LogP) is 3.52. The summed E-state index contributed by atoms with van der Waals surface area (Å²) < 4.78 is 6.12. The van der Waals surface area contributed by atoms with E-state index in [9.17, 15) is 0 Å². The summed E-state index contributed by atoms with van der Waals surface area (Å²) in [4.78, 5) is 14.5. The Morgan fingerprint density at radius 3 is 3.00 bits per heavy atom. The number of nitrogens with one attached hydrogen (secondary N) is 1. The predicted molar refractivity (Wildman–Crippen MR) is 127 cm³/mol. The van der Waals surface area contributed by atoms with Crippen molar-refractivity contribution in [1.82, 2.24) is 15.2 Å². The maximum Gasteiger partial charge on any atom is 0.194 e. The van der Waals surface area contributed by atoms with Crippen LogP contribution in [-0.4, -0.2) is 71.8 Å². The molecule has 1 unspecified atom stereocenters. The van der Waals surface area contributed by atoms with Gasteiger partial charge < -0.3 is 19.9 Å². The molecule has 4 rings (SSSR count). The van der Waals surface area contributed by atoms with Crippen molar-refractivity contribution in [2.75, 3.05) is 50.0 Å². The average molecular weight is 432 g/mol. The first-order valence-electron chi connectivity index (χ1n) is 11.7. The van der Waals surface area contributed by atoms with E-state index >= 15 is 0 Å². The zero-order chi connectivity index (χ0) is 20.8. The van der Waals surface area contributed by atoms with Crippen molar-refractivity contribution < 1.29 is 4.74 Å². The minimum absolute atomic E-state index is 0.256. The second-order valence-corrected chi connectivity index (χ2v) is 10.4. The van der Waals surface area contributed by atoms with Crippen LogP contribution in [0.3, 0.4) is 0 Å². The van der Waals surface area contributed by atoms with Gasteiger partial charge in [0.25, 0.3) is 0 Å².